The van der Waals surface area contributed by atoms with Gasteiger partial charge in [0.2, 0.25) is 6.54 Å². The minimum absolute atomic E-state index is 0.169. The van der Waals surface area contributed by atoms with Crippen molar-refractivity contribution in [3.63, 3.8) is 0 Å². The maximum Gasteiger partial charge on any atom is 0.220 e. The summed E-state index contributed by atoms with van der Waals surface area (Å²) in [6, 6.07) is 15.9. The van der Waals surface area contributed by atoms with Crippen molar-refractivity contribution in [2.45, 2.75) is 23.9 Å². The molecule has 12 heteroatoms. The van der Waals surface area contributed by atoms with Crippen LogP contribution in [0.25, 0.3) is 5.69 Å². The summed E-state index contributed by atoms with van der Waals surface area (Å²) < 4.78 is 20.9. The molecule has 1 atom stereocenters. The smallest absolute Gasteiger partial charge is 0.220 e. The van der Waals surface area contributed by atoms with Crippen LogP contribution in [0.5, 0.6) is 5.75 Å². The van der Waals surface area contributed by atoms with Gasteiger partial charge in [0.25, 0.3) is 0 Å². The van der Waals surface area contributed by atoms with Gasteiger partial charge in [0.15, 0.2) is 5.16 Å². The molecule has 0 bridgehead atoms. The molecule has 4 aromatic rings. The van der Waals surface area contributed by atoms with Gasteiger partial charge in [-0.3, -0.25) is 14.7 Å². The minimum Gasteiger partial charge on any atom is -0.487 e. The van der Waals surface area contributed by atoms with Crippen LogP contribution >= 0.6 is 46.6 Å². The lowest BCUT2D eigenvalue weighted by atomic mass is 10.1. The molecular weight excluding hydrogens is 550 g/mol. The molecule has 36 heavy (non-hydrogen) atoms. The lowest BCUT2D eigenvalue weighted by Gasteiger charge is -2.16. The number of benzene rings is 3. The monoisotopic (exact) mass is 566 g/mol. The Morgan fingerprint density at radius 3 is 2.47 bits per heavy atom. The second kappa shape index (κ2) is 11.5. The van der Waals surface area contributed by atoms with Gasteiger partial charge < -0.3 is 4.74 Å². The van der Waals surface area contributed by atoms with Crippen LogP contribution in [0.2, 0.25) is 15.1 Å². The van der Waals surface area contributed by atoms with Crippen LogP contribution < -0.4 is 4.74 Å². The predicted octanol–water partition coefficient (Wildman–Crippen LogP) is 7.36. The van der Waals surface area contributed by atoms with Crippen molar-refractivity contribution < 1.29 is 14.1 Å². The topological polar surface area (TPSA) is 83.1 Å². The summed E-state index contributed by atoms with van der Waals surface area (Å²) in [7, 11) is 0. The van der Waals surface area contributed by atoms with Crippen LogP contribution in [0.3, 0.4) is 0 Å². The Labute approximate surface area is 225 Å². The van der Waals surface area contributed by atoms with E-state index in [-0.39, 0.29) is 19.0 Å². The molecule has 0 aliphatic rings. The fraction of sp³-hybridized carbons (Fsp3) is 0.167. The summed E-state index contributed by atoms with van der Waals surface area (Å²) in [5.74, 6) is 0.591. The van der Waals surface area contributed by atoms with Crippen molar-refractivity contribution in [3.05, 3.63) is 109 Å². The first-order valence-corrected chi connectivity index (χ1v) is 12.5. The van der Waals surface area contributed by atoms with Gasteiger partial charge in [-0.25, -0.2) is 4.39 Å². The molecule has 1 aromatic heterocycles. The van der Waals surface area contributed by atoms with Crippen molar-refractivity contribution in [2.75, 3.05) is 6.54 Å². The van der Waals surface area contributed by atoms with E-state index in [9.17, 15) is 14.5 Å². The minimum atomic E-state index is -0.625. The molecule has 186 valence electrons. The zero-order chi connectivity index (χ0) is 25.8. The van der Waals surface area contributed by atoms with Gasteiger partial charge in [-0.2, -0.15) is 0 Å². The van der Waals surface area contributed by atoms with Crippen molar-refractivity contribution in [1.82, 2.24) is 14.8 Å². The number of hydrogen-bond donors (Lipinski definition) is 0. The van der Waals surface area contributed by atoms with E-state index in [1.54, 1.807) is 60.0 Å². The van der Waals surface area contributed by atoms with Crippen LogP contribution in [0.4, 0.5) is 4.39 Å². The highest BCUT2D eigenvalue weighted by Crippen LogP contribution is 2.39. The first kappa shape index (κ1) is 26.2. The summed E-state index contributed by atoms with van der Waals surface area (Å²) in [5, 5.41) is 20.8. The Balaban J connectivity index is 1.57. The van der Waals surface area contributed by atoms with E-state index in [2.05, 4.69) is 10.2 Å². The van der Waals surface area contributed by atoms with Gasteiger partial charge in [0, 0.05) is 26.2 Å². The first-order chi connectivity index (χ1) is 17.2. The molecule has 0 unspecified atom stereocenters. The zero-order valence-corrected chi connectivity index (χ0v) is 21.8. The van der Waals surface area contributed by atoms with E-state index < -0.39 is 10.2 Å². The number of ether oxygens (including phenoxy) is 1. The van der Waals surface area contributed by atoms with E-state index in [0.29, 0.717) is 43.0 Å². The van der Waals surface area contributed by atoms with Crippen molar-refractivity contribution in [2.24, 2.45) is 0 Å². The van der Waals surface area contributed by atoms with E-state index in [0.717, 1.165) is 5.56 Å². The standard InChI is InChI=1S/C24H18Cl3FN4O3S/c1-14-29-30-24(32(14)19-7-5-18(28)6-8-19)36-23(12-31(33)34)15-3-9-22(21(27)10-15)35-13-16-2-4-17(25)11-20(16)26/h2-11,23H,12-13H2,1H3/t23-/m0/s1. The number of thioether (sulfide) groups is 1. The normalized spacial score (nSPS) is 11.9. The van der Waals surface area contributed by atoms with E-state index in [1.165, 1.54) is 23.9 Å². The molecule has 3 aromatic carbocycles. The fourth-order valence-electron chi connectivity index (χ4n) is 3.41. The number of hydrogen-bond acceptors (Lipinski definition) is 6. The highest BCUT2D eigenvalue weighted by atomic mass is 35.5. The number of rotatable bonds is 9. The van der Waals surface area contributed by atoms with Crippen LogP contribution in [0, 0.1) is 22.9 Å². The SMILES string of the molecule is Cc1nnc(S[C@@H](C[N+](=O)[O-])c2ccc(OCc3ccc(Cl)cc3Cl)c(Cl)c2)n1-c1ccc(F)cc1. The molecule has 0 saturated carbocycles. The Morgan fingerprint density at radius 2 is 1.81 bits per heavy atom. The third-order valence-electron chi connectivity index (χ3n) is 5.17. The van der Waals surface area contributed by atoms with Crippen molar-refractivity contribution in [3.8, 4) is 11.4 Å². The van der Waals surface area contributed by atoms with Crippen LogP contribution in [0.1, 0.15) is 22.2 Å². The van der Waals surface area contributed by atoms with Gasteiger partial charge in [-0.15, -0.1) is 10.2 Å². The Bertz CT molecular complexity index is 1400. The molecule has 0 amide bonds. The molecule has 0 spiro atoms. The van der Waals surface area contributed by atoms with E-state index >= 15 is 0 Å². The van der Waals surface area contributed by atoms with Gasteiger partial charge in [-0.05, 0) is 61.0 Å². The third kappa shape index (κ3) is 6.28. The quantitative estimate of drug-likeness (QED) is 0.119. The summed E-state index contributed by atoms with van der Waals surface area (Å²) in [4.78, 5) is 11.1. The highest BCUT2D eigenvalue weighted by molar-refractivity contribution is 7.99. The Hall–Kier alpha value is -2.85. The maximum absolute atomic E-state index is 13.4. The second-order valence-corrected chi connectivity index (χ2v) is 10.1. The molecule has 0 aliphatic heterocycles. The zero-order valence-electron chi connectivity index (χ0n) is 18.7. The summed E-state index contributed by atoms with van der Waals surface area (Å²) >= 11 is 19.8. The van der Waals surface area contributed by atoms with Crippen LogP contribution in [-0.2, 0) is 6.61 Å². The molecule has 1 heterocycles. The molecule has 0 radical (unpaired) electrons. The summed E-state index contributed by atoms with van der Waals surface area (Å²) in [5.41, 5.74) is 1.99. The number of halogens is 4. The largest absolute Gasteiger partial charge is 0.487 e. The van der Waals surface area contributed by atoms with Crippen molar-refractivity contribution >= 4 is 46.6 Å². The number of aromatic nitrogens is 3. The van der Waals surface area contributed by atoms with E-state index in [4.69, 9.17) is 39.5 Å². The van der Waals surface area contributed by atoms with Gasteiger partial charge >= 0.3 is 0 Å². The lowest BCUT2D eigenvalue weighted by molar-refractivity contribution is -0.479. The number of nitro groups is 1. The summed E-state index contributed by atoms with van der Waals surface area (Å²) in [6.45, 7) is 1.54. The Morgan fingerprint density at radius 1 is 1.06 bits per heavy atom. The number of aryl methyl sites for hydroxylation is 1. The molecule has 0 fully saturated rings. The van der Waals surface area contributed by atoms with Crippen molar-refractivity contribution in [1.29, 1.82) is 0 Å². The molecular formula is C24H18Cl3FN4O3S. The average molecular weight is 568 g/mol. The number of nitrogens with zero attached hydrogens (tertiary/aromatic N) is 4. The molecule has 4 rings (SSSR count). The van der Waals surface area contributed by atoms with Gasteiger partial charge in [0.05, 0.1) is 5.02 Å². The average Bonchev–Trinajstić information content (AvgIpc) is 3.19. The molecule has 7 nitrogen and oxygen atoms in total. The predicted molar refractivity (Wildman–Crippen MR) is 139 cm³/mol. The molecule has 0 N–H and O–H groups in total. The van der Waals surface area contributed by atoms with Crippen LogP contribution in [0.15, 0.2) is 65.8 Å². The third-order valence-corrected chi connectivity index (χ3v) is 7.23. The Kier molecular flexibility index (Phi) is 8.35. The van der Waals surface area contributed by atoms with Gasteiger partial charge in [0.1, 0.15) is 29.2 Å². The van der Waals surface area contributed by atoms with Crippen LogP contribution in [-0.4, -0.2) is 26.2 Å². The lowest BCUT2D eigenvalue weighted by Crippen LogP contribution is -2.11. The molecule has 0 aliphatic carbocycles. The molecule has 0 saturated heterocycles. The highest BCUT2D eigenvalue weighted by Gasteiger charge is 2.24. The second-order valence-electron chi connectivity index (χ2n) is 7.68. The van der Waals surface area contributed by atoms with Gasteiger partial charge in [-0.1, -0.05) is 58.7 Å². The fourth-order valence-corrected chi connectivity index (χ4v) is 5.28. The summed E-state index contributed by atoms with van der Waals surface area (Å²) in [6.07, 6.45) is 0. The van der Waals surface area contributed by atoms with E-state index in [1.807, 2.05) is 0 Å². The maximum atomic E-state index is 13.4. The first-order valence-electron chi connectivity index (χ1n) is 10.5.